The summed E-state index contributed by atoms with van der Waals surface area (Å²) in [6.07, 6.45) is 3.01. The SMILES string of the molecule is Cc1cnc(CNC(=O)c2ccc(CNS(=O)(=O)c3ccc(F)c(Cl)c3)nc2)[nH]1. The molecular weight excluding hydrogens is 421 g/mol. The molecule has 0 aliphatic heterocycles. The number of nitrogens with zero attached hydrogens (tertiary/aromatic N) is 2. The fourth-order valence-corrected chi connectivity index (χ4v) is 3.65. The molecule has 2 aromatic heterocycles. The van der Waals surface area contributed by atoms with Crippen molar-refractivity contribution < 1.29 is 17.6 Å². The van der Waals surface area contributed by atoms with E-state index in [1.54, 1.807) is 6.20 Å². The molecule has 152 valence electrons. The highest BCUT2D eigenvalue weighted by Crippen LogP contribution is 2.19. The Morgan fingerprint density at radius 1 is 1.17 bits per heavy atom. The van der Waals surface area contributed by atoms with E-state index in [2.05, 4.69) is 25.0 Å². The molecule has 0 saturated carbocycles. The molecule has 2 heterocycles. The van der Waals surface area contributed by atoms with Gasteiger partial charge in [-0.05, 0) is 37.3 Å². The third-order valence-corrected chi connectivity index (χ3v) is 5.59. The molecule has 0 spiro atoms. The van der Waals surface area contributed by atoms with E-state index in [-0.39, 0.29) is 28.9 Å². The lowest BCUT2D eigenvalue weighted by atomic mass is 10.2. The molecule has 0 aliphatic rings. The number of nitrogens with one attached hydrogen (secondary N) is 3. The molecule has 0 saturated heterocycles. The summed E-state index contributed by atoms with van der Waals surface area (Å²) in [6, 6.07) is 6.19. The van der Waals surface area contributed by atoms with Crippen LogP contribution >= 0.6 is 11.6 Å². The minimum atomic E-state index is -3.89. The Kier molecular flexibility index (Phi) is 6.26. The zero-order valence-electron chi connectivity index (χ0n) is 15.2. The number of aromatic amines is 1. The summed E-state index contributed by atoms with van der Waals surface area (Å²) in [6.45, 7) is 2.00. The van der Waals surface area contributed by atoms with Gasteiger partial charge in [-0.1, -0.05) is 11.6 Å². The highest BCUT2D eigenvalue weighted by Gasteiger charge is 2.16. The summed E-state index contributed by atoms with van der Waals surface area (Å²) in [5.74, 6) is -0.404. The number of amides is 1. The Bertz CT molecular complexity index is 1130. The molecule has 0 radical (unpaired) electrons. The van der Waals surface area contributed by atoms with Crippen molar-refractivity contribution in [3.05, 3.63) is 76.3 Å². The first-order chi connectivity index (χ1) is 13.7. The molecule has 1 aromatic carbocycles. The minimum Gasteiger partial charge on any atom is -0.345 e. The van der Waals surface area contributed by atoms with Crippen LogP contribution in [0.1, 0.15) is 27.6 Å². The predicted octanol–water partition coefficient (Wildman–Crippen LogP) is 2.31. The zero-order chi connectivity index (χ0) is 21.0. The fourth-order valence-electron chi connectivity index (χ4n) is 2.38. The minimum absolute atomic E-state index is 0.106. The molecule has 11 heteroatoms. The molecule has 3 rings (SSSR count). The first-order valence-electron chi connectivity index (χ1n) is 8.43. The number of H-pyrrole nitrogens is 1. The van der Waals surface area contributed by atoms with Crippen molar-refractivity contribution in [1.29, 1.82) is 0 Å². The van der Waals surface area contributed by atoms with E-state index in [9.17, 15) is 17.6 Å². The average molecular weight is 438 g/mol. The number of carbonyl (C=O) groups is 1. The topological polar surface area (TPSA) is 117 Å². The molecule has 0 aliphatic carbocycles. The summed E-state index contributed by atoms with van der Waals surface area (Å²) >= 11 is 5.63. The second-order valence-electron chi connectivity index (χ2n) is 6.13. The van der Waals surface area contributed by atoms with Crippen LogP contribution in [-0.2, 0) is 23.1 Å². The van der Waals surface area contributed by atoms with Crippen LogP contribution < -0.4 is 10.0 Å². The van der Waals surface area contributed by atoms with Gasteiger partial charge in [-0.15, -0.1) is 0 Å². The number of sulfonamides is 1. The van der Waals surface area contributed by atoms with Crippen molar-refractivity contribution in [2.75, 3.05) is 0 Å². The van der Waals surface area contributed by atoms with Crippen LogP contribution in [0.3, 0.4) is 0 Å². The van der Waals surface area contributed by atoms with Gasteiger partial charge in [0.15, 0.2) is 0 Å². The van der Waals surface area contributed by atoms with E-state index in [1.165, 1.54) is 18.3 Å². The van der Waals surface area contributed by atoms with Crippen molar-refractivity contribution >= 4 is 27.5 Å². The smallest absolute Gasteiger partial charge is 0.253 e. The third kappa shape index (κ3) is 5.37. The highest BCUT2D eigenvalue weighted by molar-refractivity contribution is 7.89. The number of hydrogen-bond acceptors (Lipinski definition) is 5. The van der Waals surface area contributed by atoms with Gasteiger partial charge in [0.2, 0.25) is 10.0 Å². The molecule has 3 aromatic rings. The molecule has 3 N–H and O–H groups in total. The van der Waals surface area contributed by atoms with Crippen molar-refractivity contribution in [1.82, 2.24) is 25.0 Å². The van der Waals surface area contributed by atoms with E-state index < -0.39 is 15.8 Å². The standard InChI is InChI=1S/C18H17ClFN5O3S/c1-11-7-22-17(25-11)10-23-18(26)12-2-3-13(21-8-12)9-24-29(27,28)14-4-5-16(20)15(19)6-14/h2-8,24H,9-10H2,1H3,(H,22,25)(H,23,26). The van der Waals surface area contributed by atoms with Crippen molar-refractivity contribution in [3.63, 3.8) is 0 Å². The molecule has 0 bridgehead atoms. The van der Waals surface area contributed by atoms with Gasteiger partial charge in [0, 0.05) is 18.1 Å². The number of aryl methyl sites for hydroxylation is 1. The van der Waals surface area contributed by atoms with Gasteiger partial charge in [0.05, 0.1) is 34.3 Å². The number of hydrogen-bond donors (Lipinski definition) is 3. The lowest BCUT2D eigenvalue weighted by molar-refractivity contribution is 0.0949. The van der Waals surface area contributed by atoms with Crippen LogP contribution in [0.15, 0.2) is 47.6 Å². The Balaban J connectivity index is 1.58. The maximum absolute atomic E-state index is 13.2. The third-order valence-electron chi connectivity index (χ3n) is 3.90. The lowest BCUT2D eigenvalue weighted by Gasteiger charge is -2.08. The lowest BCUT2D eigenvalue weighted by Crippen LogP contribution is -2.25. The normalized spacial score (nSPS) is 11.4. The molecule has 29 heavy (non-hydrogen) atoms. The summed E-state index contributed by atoms with van der Waals surface area (Å²) < 4.78 is 40.1. The van der Waals surface area contributed by atoms with E-state index in [4.69, 9.17) is 11.6 Å². The predicted molar refractivity (Wildman–Crippen MR) is 104 cm³/mol. The zero-order valence-corrected chi connectivity index (χ0v) is 16.8. The number of rotatable bonds is 7. The van der Waals surface area contributed by atoms with Crippen molar-refractivity contribution in [3.8, 4) is 0 Å². The van der Waals surface area contributed by atoms with Crippen LogP contribution in [-0.4, -0.2) is 29.3 Å². The number of carbonyl (C=O) groups excluding carboxylic acids is 1. The van der Waals surface area contributed by atoms with Crippen molar-refractivity contribution in [2.45, 2.75) is 24.9 Å². The van der Waals surface area contributed by atoms with E-state index in [1.807, 2.05) is 6.92 Å². The van der Waals surface area contributed by atoms with Crippen LogP contribution in [0, 0.1) is 12.7 Å². The Hall–Kier alpha value is -2.82. The summed E-state index contributed by atoms with van der Waals surface area (Å²) in [5, 5.41) is 2.42. The molecule has 0 unspecified atom stereocenters. The van der Waals surface area contributed by atoms with Gasteiger partial charge >= 0.3 is 0 Å². The summed E-state index contributed by atoms with van der Waals surface area (Å²) in [4.78, 5) is 23.2. The molecule has 0 fully saturated rings. The van der Waals surface area contributed by atoms with Crippen LogP contribution in [0.25, 0.3) is 0 Å². The largest absolute Gasteiger partial charge is 0.345 e. The average Bonchev–Trinajstić information content (AvgIpc) is 3.12. The van der Waals surface area contributed by atoms with Crippen LogP contribution in [0.5, 0.6) is 0 Å². The van der Waals surface area contributed by atoms with E-state index in [0.717, 1.165) is 23.9 Å². The number of aromatic nitrogens is 3. The van der Waals surface area contributed by atoms with E-state index in [0.29, 0.717) is 17.1 Å². The Labute approximate surface area is 171 Å². The van der Waals surface area contributed by atoms with Gasteiger partial charge in [-0.2, -0.15) is 0 Å². The highest BCUT2D eigenvalue weighted by atomic mass is 35.5. The second kappa shape index (κ2) is 8.68. The molecule has 8 nitrogen and oxygen atoms in total. The maximum Gasteiger partial charge on any atom is 0.253 e. The van der Waals surface area contributed by atoms with Gasteiger partial charge < -0.3 is 10.3 Å². The molecule has 0 atom stereocenters. The van der Waals surface area contributed by atoms with Gasteiger partial charge in [-0.3, -0.25) is 9.78 Å². The number of halogens is 2. The maximum atomic E-state index is 13.2. The number of imidazole rings is 1. The first kappa shape index (κ1) is 20.9. The van der Waals surface area contributed by atoms with Crippen LogP contribution in [0.4, 0.5) is 4.39 Å². The summed E-state index contributed by atoms with van der Waals surface area (Å²) in [5.41, 5.74) is 1.62. The quantitative estimate of drug-likeness (QED) is 0.524. The first-order valence-corrected chi connectivity index (χ1v) is 10.3. The fraction of sp³-hybridized carbons (Fsp3) is 0.167. The van der Waals surface area contributed by atoms with Crippen molar-refractivity contribution in [2.24, 2.45) is 0 Å². The second-order valence-corrected chi connectivity index (χ2v) is 8.31. The van der Waals surface area contributed by atoms with Crippen LogP contribution in [0.2, 0.25) is 5.02 Å². The molecular formula is C18H17ClFN5O3S. The van der Waals surface area contributed by atoms with E-state index >= 15 is 0 Å². The molecule has 1 amide bonds. The van der Waals surface area contributed by atoms with Gasteiger partial charge in [-0.25, -0.2) is 22.5 Å². The van der Waals surface area contributed by atoms with Gasteiger partial charge in [0.1, 0.15) is 11.6 Å². The number of benzene rings is 1. The Morgan fingerprint density at radius 2 is 1.97 bits per heavy atom. The Morgan fingerprint density at radius 3 is 2.59 bits per heavy atom. The number of pyridine rings is 1. The monoisotopic (exact) mass is 437 g/mol. The summed E-state index contributed by atoms with van der Waals surface area (Å²) in [7, 11) is -3.89. The van der Waals surface area contributed by atoms with Gasteiger partial charge in [0.25, 0.3) is 5.91 Å².